The summed E-state index contributed by atoms with van der Waals surface area (Å²) >= 11 is 0. The predicted molar refractivity (Wildman–Crippen MR) is 90.1 cm³/mol. The Hall–Kier alpha value is -2.84. The molecule has 1 saturated heterocycles. The molecule has 3 amide bonds. The predicted octanol–water partition coefficient (Wildman–Crippen LogP) is 0.147. The molecule has 2 rings (SSSR count). The summed E-state index contributed by atoms with van der Waals surface area (Å²) in [6.45, 7) is 3.92. The van der Waals surface area contributed by atoms with E-state index < -0.39 is 35.8 Å². The normalized spacial score (nSPS) is 18.2. The van der Waals surface area contributed by atoms with Gasteiger partial charge in [0.2, 0.25) is 11.7 Å². The van der Waals surface area contributed by atoms with Gasteiger partial charge in [-0.1, -0.05) is 13.8 Å². The van der Waals surface area contributed by atoms with E-state index in [0.29, 0.717) is 25.1 Å². The van der Waals surface area contributed by atoms with Gasteiger partial charge in [-0.05, 0) is 24.5 Å². The summed E-state index contributed by atoms with van der Waals surface area (Å²) in [5.74, 6) is -1.48. The molecule has 1 aromatic rings. The van der Waals surface area contributed by atoms with Crippen molar-refractivity contribution in [3.8, 4) is 0 Å². The Morgan fingerprint density at radius 3 is 2.81 bits per heavy atom. The maximum Gasteiger partial charge on any atom is 0.407 e. The average molecular weight is 365 g/mol. The lowest BCUT2D eigenvalue weighted by Gasteiger charge is -2.26. The number of furan rings is 1. The van der Waals surface area contributed by atoms with Gasteiger partial charge in [0, 0.05) is 13.0 Å². The van der Waals surface area contributed by atoms with Crippen molar-refractivity contribution in [2.24, 2.45) is 5.92 Å². The minimum Gasteiger partial charge on any atom is -0.469 e. The molecule has 0 aliphatic carbocycles. The van der Waals surface area contributed by atoms with Gasteiger partial charge in [0.05, 0.1) is 12.3 Å². The molecule has 1 aromatic heterocycles. The van der Waals surface area contributed by atoms with E-state index in [1.165, 1.54) is 6.26 Å². The lowest BCUT2D eigenvalue weighted by Crippen LogP contribution is -2.58. The van der Waals surface area contributed by atoms with E-state index >= 15 is 0 Å². The Kier molecular flexibility index (Phi) is 6.76. The summed E-state index contributed by atoms with van der Waals surface area (Å²) in [5.41, 5.74) is 0. The molecule has 0 radical (unpaired) electrons. The molecule has 2 atom stereocenters. The van der Waals surface area contributed by atoms with Gasteiger partial charge >= 0.3 is 6.09 Å². The Bertz CT molecular complexity index is 655. The van der Waals surface area contributed by atoms with Crippen LogP contribution in [-0.4, -0.2) is 48.9 Å². The van der Waals surface area contributed by atoms with Crippen molar-refractivity contribution in [1.29, 1.82) is 0 Å². The van der Waals surface area contributed by atoms with Crippen LogP contribution in [0.4, 0.5) is 4.79 Å². The Morgan fingerprint density at radius 1 is 1.38 bits per heavy atom. The smallest absolute Gasteiger partial charge is 0.407 e. The third-order valence-electron chi connectivity index (χ3n) is 3.96. The number of alkyl carbamates (subject to hydrolysis) is 1. The highest BCUT2D eigenvalue weighted by Gasteiger charge is 2.33. The molecule has 26 heavy (non-hydrogen) atoms. The van der Waals surface area contributed by atoms with Crippen LogP contribution in [0, 0.1) is 5.92 Å². The van der Waals surface area contributed by atoms with Crippen LogP contribution in [0.5, 0.6) is 0 Å². The number of Topliss-reactive ketones (excluding diaryl/α,β-unsaturated/α-hetero) is 1. The molecule has 9 nitrogen and oxygen atoms in total. The van der Waals surface area contributed by atoms with Gasteiger partial charge in [0.15, 0.2) is 0 Å². The van der Waals surface area contributed by atoms with Crippen molar-refractivity contribution in [2.75, 3.05) is 13.2 Å². The molecule has 9 heteroatoms. The Balaban J connectivity index is 1.84. The second-order valence-electron chi connectivity index (χ2n) is 6.30. The third-order valence-corrected chi connectivity index (χ3v) is 3.96. The molecule has 3 N–H and O–H groups in total. The van der Waals surface area contributed by atoms with Crippen molar-refractivity contribution in [2.45, 2.75) is 38.8 Å². The van der Waals surface area contributed by atoms with Gasteiger partial charge in [0.1, 0.15) is 18.4 Å². The van der Waals surface area contributed by atoms with Crippen LogP contribution in [0.25, 0.3) is 0 Å². The summed E-state index contributed by atoms with van der Waals surface area (Å²) < 4.78 is 10.2. The summed E-state index contributed by atoms with van der Waals surface area (Å²) in [6.07, 6.45) is 1.53. The molecule has 2 heterocycles. The van der Waals surface area contributed by atoms with Crippen molar-refractivity contribution < 1.29 is 28.3 Å². The fourth-order valence-electron chi connectivity index (χ4n) is 2.51. The average Bonchev–Trinajstić information content (AvgIpc) is 3.10. The van der Waals surface area contributed by atoms with Crippen molar-refractivity contribution in [3.05, 3.63) is 24.2 Å². The van der Waals surface area contributed by atoms with Crippen molar-refractivity contribution >= 4 is 23.7 Å². The molecule has 0 saturated carbocycles. The molecule has 1 aliphatic rings. The van der Waals surface area contributed by atoms with E-state index in [4.69, 9.17) is 9.15 Å². The maximum atomic E-state index is 12.4. The number of ether oxygens (including phenoxy) is 1. The fraction of sp³-hybridized carbons (Fsp3) is 0.529. The molecular formula is C17H23N3O6. The van der Waals surface area contributed by atoms with Gasteiger partial charge in [0.25, 0.3) is 5.91 Å². The minimum atomic E-state index is -0.885. The highest BCUT2D eigenvalue weighted by atomic mass is 16.5. The number of carbonyl (C=O) groups excluding carboxylic acids is 4. The summed E-state index contributed by atoms with van der Waals surface area (Å²) in [6, 6.07) is 1.74. The molecule has 0 bridgehead atoms. The number of piperidine rings is 1. The van der Waals surface area contributed by atoms with Gasteiger partial charge in [-0.25, -0.2) is 4.79 Å². The number of hydrogen-bond acceptors (Lipinski definition) is 6. The number of hydrogen-bond donors (Lipinski definition) is 3. The van der Waals surface area contributed by atoms with Gasteiger partial charge in [-0.15, -0.1) is 0 Å². The van der Waals surface area contributed by atoms with Crippen LogP contribution in [0.15, 0.2) is 22.8 Å². The zero-order valence-corrected chi connectivity index (χ0v) is 14.7. The Labute approximate surface area is 150 Å². The van der Waals surface area contributed by atoms with Crippen molar-refractivity contribution in [1.82, 2.24) is 16.0 Å². The van der Waals surface area contributed by atoms with E-state index in [-0.39, 0.29) is 12.5 Å². The van der Waals surface area contributed by atoms with E-state index in [0.717, 1.165) is 0 Å². The maximum absolute atomic E-state index is 12.4. The standard InChI is InChI=1S/C17H23N3O6/c1-10(2)13(15(22)19-12-5-7-18-16(23)14(12)21)20-17(24)26-9-6-11-4-3-8-25-11/h3-4,8,10,12-13H,5-7,9H2,1-2H3,(H,18,23)(H,19,22)(H,20,24). The Morgan fingerprint density at radius 2 is 2.15 bits per heavy atom. The molecule has 0 aromatic carbocycles. The molecular weight excluding hydrogens is 342 g/mol. The van der Waals surface area contributed by atoms with Crippen LogP contribution >= 0.6 is 0 Å². The van der Waals surface area contributed by atoms with Gasteiger partial charge < -0.3 is 25.1 Å². The number of rotatable bonds is 7. The second-order valence-corrected chi connectivity index (χ2v) is 6.30. The fourth-order valence-corrected chi connectivity index (χ4v) is 2.51. The van der Waals surface area contributed by atoms with Crippen LogP contribution < -0.4 is 16.0 Å². The second kappa shape index (κ2) is 9.02. The van der Waals surface area contributed by atoms with E-state index in [2.05, 4.69) is 16.0 Å². The third kappa shape index (κ3) is 5.33. The quantitative estimate of drug-likeness (QED) is 0.590. The summed E-state index contributed by atoms with van der Waals surface area (Å²) in [4.78, 5) is 47.5. The molecule has 2 unspecified atom stereocenters. The van der Waals surface area contributed by atoms with E-state index in [1.807, 2.05) is 0 Å². The number of carbonyl (C=O) groups is 4. The minimum absolute atomic E-state index is 0.104. The van der Waals surface area contributed by atoms with Gasteiger partial charge in [-0.2, -0.15) is 0 Å². The first kappa shape index (κ1) is 19.5. The topological polar surface area (TPSA) is 127 Å². The van der Waals surface area contributed by atoms with Crippen molar-refractivity contribution in [3.63, 3.8) is 0 Å². The zero-order chi connectivity index (χ0) is 19.1. The van der Waals surface area contributed by atoms with Crippen LogP contribution in [0.2, 0.25) is 0 Å². The highest BCUT2D eigenvalue weighted by Crippen LogP contribution is 2.06. The summed E-state index contributed by atoms with van der Waals surface area (Å²) in [5, 5.41) is 7.44. The van der Waals surface area contributed by atoms with Crippen LogP contribution in [0.1, 0.15) is 26.0 Å². The number of nitrogens with one attached hydrogen (secondary N) is 3. The number of ketones is 1. The van der Waals surface area contributed by atoms with Crippen LogP contribution in [0.3, 0.4) is 0 Å². The van der Waals surface area contributed by atoms with E-state index in [1.54, 1.807) is 26.0 Å². The molecule has 142 valence electrons. The zero-order valence-electron chi connectivity index (χ0n) is 14.7. The SMILES string of the molecule is CC(C)C(NC(=O)OCCc1ccco1)C(=O)NC1CCNC(=O)C1=O. The molecule has 1 fully saturated rings. The van der Waals surface area contributed by atoms with Crippen LogP contribution in [-0.2, 0) is 25.5 Å². The summed E-state index contributed by atoms with van der Waals surface area (Å²) in [7, 11) is 0. The molecule has 0 spiro atoms. The number of amides is 3. The lowest BCUT2D eigenvalue weighted by atomic mass is 10.0. The first-order valence-corrected chi connectivity index (χ1v) is 8.46. The van der Waals surface area contributed by atoms with E-state index in [9.17, 15) is 19.2 Å². The first-order valence-electron chi connectivity index (χ1n) is 8.46. The first-order chi connectivity index (χ1) is 12.4. The highest BCUT2D eigenvalue weighted by molar-refractivity contribution is 6.39. The largest absolute Gasteiger partial charge is 0.469 e. The van der Waals surface area contributed by atoms with Gasteiger partial charge in [-0.3, -0.25) is 14.4 Å². The lowest BCUT2D eigenvalue weighted by molar-refractivity contribution is -0.142. The molecule has 1 aliphatic heterocycles. The monoisotopic (exact) mass is 365 g/mol.